The van der Waals surface area contributed by atoms with Crippen LogP contribution in [-0.2, 0) is 60.1 Å². The molecular weight excluding hydrogens is 1280 g/mol. The van der Waals surface area contributed by atoms with Crippen LogP contribution in [-0.4, -0.2) is 116 Å². The second-order valence-electron chi connectivity index (χ2n) is 23.3. The van der Waals surface area contributed by atoms with Crippen LogP contribution in [0.4, 0.5) is 0 Å². The molecular formula is C55H103O14P11Si2. The third-order valence-electron chi connectivity index (χ3n) is 14.7. The molecule has 2 N–H and O–H groups in total. The van der Waals surface area contributed by atoms with Crippen LogP contribution >= 0.6 is 91.4 Å². The van der Waals surface area contributed by atoms with Gasteiger partial charge in [0.15, 0.2) is 22.9 Å². The highest BCUT2D eigenvalue weighted by Gasteiger charge is 2.48. The third kappa shape index (κ3) is 31.7. The molecule has 82 heavy (non-hydrogen) atoms. The maximum Gasteiger partial charge on any atom is 0.308 e. The van der Waals surface area contributed by atoms with E-state index in [1.807, 2.05) is 78.9 Å². The zero-order valence-electron chi connectivity index (χ0n) is 51.6. The lowest BCUT2D eigenvalue weighted by Gasteiger charge is -2.40. The minimum atomic E-state index is -2.12. The molecule has 470 valence electrons. The molecule has 1 saturated heterocycles. The quantitative estimate of drug-likeness (QED) is 0.0400. The standard InChI is InChI=1S/C31H46O7Si.C24H42O7Si.H8P6.H7P5/c1-30(2,3)39(7,8)38-26(20-28(32)34-6)18-19-31(4)27(36-29(37-31)24-12-10-9-11-13-24)22-35-21-23-14-16-25(33-5)17-15-23;1-23(2,3)32(7,8)31-20(15-22(26)29-6)13-14-24(4,27)21(25)17-30-16-18-9-11-19(28-5)12-10-18;1-5(2)6(3)4;1-4-5(2)3/h9-17,26-27,29H,18-22H2,1-8H3;9-12,20-21,25,27H,13-17H2,1-8H3;1-4H2;4H,1-3H2/t26-,27-,29-,31+;20-,21-,24+;;/m00../s1. The molecule has 0 saturated carbocycles. The molecule has 15 atom stereocenters. The van der Waals surface area contributed by atoms with Gasteiger partial charge in [0.05, 0.1) is 91.1 Å². The van der Waals surface area contributed by atoms with E-state index in [1.165, 1.54) is 14.2 Å². The lowest BCUT2D eigenvalue weighted by molar-refractivity contribution is -0.144. The maximum absolute atomic E-state index is 12.3. The van der Waals surface area contributed by atoms with Gasteiger partial charge in [0.1, 0.15) is 23.7 Å². The van der Waals surface area contributed by atoms with Gasteiger partial charge in [-0.1, -0.05) is 104 Å². The maximum atomic E-state index is 12.3. The first-order valence-electron chi connectivity index (χ1n) is 27.0. The second kappa shape index (κ2) is 40.0. The Morgan fingerprint density at radius 2 is 1.10 bits per heavy atom. The fourth-order valence-corrected chi connectivity index (χ4v) is 10.0. The molecule has 0 spiro atoms. The van der Waals surface area contributed by atoms with Crippen LogP contribution in [0.25, 0.3) is 0 Å². The molecule has 27 heteroatoms. The van der Waals surface area contributed by atoms with E-state index in [9.17, 15) is 19.8 Å². The normalized spacial score (nSPS) is 18.5. The number of benzene rings is 3. The Morgan fingerprint density at radius 1 is 0.683 bits per heavy atom. The summed E-state index contributed by atoms with van der Waals surface area (Å²) in [4.78, 5) is 24.2. The monoisotopic (exact) mass is 1380 g/mol. The molecule has 0 aromatic heterocycles. The summed E-state index contributed by atoms with van der Waals surface area (Å²) >= 11 is 0. The Labute approximate surface area is 517 Å². The van der Waals surface area contributed by atoms with Gasteiger partial charge in [0.2, 0.25) is 0 Å². The average Bonchev–Trinajstić information content (AvgIpc) is 3.94. The summed E-state index contributed by atoms with van der Waals surface area (Å²) in [5.74, 6) is 0.954. The van der Waals surface area contributed by atoms with E-state index in [0.29, 0.717) is 39.1 Å². The molecule has 1 heterocycles. The summed E-state index contributed by atoms with van der Waals surface area (Å²) in [5, 5.41) is 21.4. The number of aliphatic hydroxyl groups is 2. The van der Waals surface area contributed by atoms with E-state index < -0.39 is 40.2 Å². The average molecular weight is 1390 g/mol. The molecule has 1 aliphatic rings. The zero-order chi connectivity index (χ0) is 62.7. The number of hydrogen-bond donors (Lipinski definition) is 2. The fraction of sp³-hybridized carbons (Fsp3) is 0.636. The van der Waals surface area contributed by atoms with Crippen molar-refractivity contribution < 1.29 is 66.5 Å². The van der Waals surface area contributed by atoms with Crippen LogP contribution in [0.5, 0.6) is 11.5 Å². The molecule has 0 aliphatic carbocycles. The first-order valence-corrected chi connectivity index (χ1v) is 50.9. The molecule has 3 aromatic carbocycles. The van der Waals surface area contributed by atoms with Gasteiger partial charge in [0.25, 0.3) is 0 Å². The predicted octanol–water partition coefficient (Wildman–Crippen LogP) is 16.3. The molecule has 0 radical (unpaired) electrons. The molecule has 0 amide bonds. The first-order chi connectivity index (χ1) is 38.0. The van der Waals surface area contributed by atoms with Crippen molar-refractivity contribution in [1.29, 1.82) is 0 Å². The van der Waals surface area contributed by atoms with E-state index in [2.05, 4.69) is 137 Å². The van der Waals surface area contributed by atoms with Gasteiger partial charge in [0, 0.05) is 5.56 Å². The van der Waals surface area contributed by atoms with Gasteiger partial charge in [-0.15, -0.1) is 62.5 Å². The number of rotatable bonds is 28. The van der Waals surface area contributed by atoms with Crippen LogP contribution in [0, 0.1) is 0 Å². The summed E-state index contributed by atoms with van der Waals surface area (Å²) in [5.41, 5.74) is 0.942. The zero-order valence-corrected chi connectivity index (χ0v) is 65.4. The van der Waals surface area contributed by atoms with Gasteiger partial charge in [-0.05, 0) is 132 Å². The van der Waals surface area contributed by atoms with Crippen LogP contribution < -0.4 is 9.47 Å². The SMILES string of the molecule is COC(=O)C[C@H](CC[C@@](C)(O)[C@@H](O)COCc1ccc(OC)cc1)O[Si](C)(C)C(C)(C)C.COC(=O)C[C@H](CC[C@@]1(C)O[C@@H](c2ccccc2)O[C@H]1COCc1ccc(OC)cc1)O[Si](C)(C)C(C)(C)C.PP(P)P(P)P.PPP(P)P. The lowest BCUT2D eigenvalue weighted by Crippen LogP contribution is -2.46. The van der Waals surface area contributed by atoms with Crippen molar-refractivity contribution in [3.63, 3.8) is 0 Å². The van der Waals surface area contributed by atoms with E-state index in [0.717, 1.165) is 36.1 Å². The van der Waals surface area contributed by atoms with Crippen molar-refractivity contribution in [2.45, 2.75) is 185 Å². The molecule has 1 aliphatic heterocycles. The summed E-state index contributed by atoms with van der Waals surface area (Å²) in [6, 6.07) is 25.2. The van der Waals surface area contributed by atoms with Crippen LogP contribution in [0.2, 0.25) is 36.3 Å². The minimum Gasteiger partial charge on any atom is -0.497 e. The highest BCUT2D eigenvalue weighted by molar-refractivity contribution is 8.92. The smallest absolute Gasteiger partial charge is 0.308 e. The third-order valence-corrected chi connectivity index (χ3v) is 57.0. The van der Waals surface area contributed by atoms with Gasteiger partial charge in [-0.2, -0.15) is 0 Å². The first kappa shape index (κ1) is 81.1. The van der Waals surface area contributed by atoms with E-state index in [4.69, 9.17) is 46.7 Å². The Morgan fingerprint density at radius 3 is 1.48 bits per heavy atom. The van der Waals surface area contributed by atoms with Gasteiger partial charge >= 0.3 is 11.9 Å². The predicted molar refractivity (Wildman–Crippen MR) is 378 cm³/mol. The highest BCUT2D eigenvalue weighted by atomic mass is 33.0. The van der Waals surface area contributed by atoms with Crippen molar-refractivity contribution >= 4 is 120 Å². The van der Waals surface area contributed by atoms with E-state index in [-0.39, 0.29) is 87.2 Å². The Hall–Kier alpha value is 1.04. The summed E-state index contributed by atoms with van der Waals surface area (Å²) in [6.07, 6.45) is -0.241. The number of carbonyl (C=O) groups excluding carboxylic acids is 2. The molecule has 1 fully saturated rings. The Kier molecular flexibility index (Phi) is 39.6. The highest BCUT2D eigenvalue weighted by Crippen LogP contribution is 2.86. The fourth-order valence-electron chi connectivity index (χ4n) is 7.23. The topological polar surface area (TPSA) is 167 Å². The Bertz CT molecular complexity index is 2220. The summed E-state index contributed by atoms with van der Waals surface area (Å²) in [7, 11) is 22.2. The van der Waals surface area contributed by atoms with Crippen LogP contribution in [0.3, 0.4) is 0 Å². The molecule has 3 aromatic rings. The van der Waals surface area contributed by atoms with Crippen LogP contribution in [0.1, 0.15) is 117 Å². The van der Waals surface area contributed by atoms with Crippen molar-refractivity contribution in [1.82, 2.24) is 0 Å². The number of esters is 2. The molecule has 8 unspecified atom stereocenters. The number of hydrogen-bond acceptors (Lipinski definition) is 14. The van der Waals surface area contributed by atoms with E-state index >= 15 is 0 Å². The largest absolute Gasteiger partial charge is 0.497 e. The van der Waals surface area contributed by atoms with Crippen molar-refractivity contribution in [2.24, 2.45) is 0 Å². The van der Waals surface area contributed by atoms with Crippen molar-refractivity contribution in [3.8, 4) is 11.5 Å². The van der Waals surface area contributed by atoms with Crippen molar-refractivity contribution in [3.05, 3.63) is 95.6 Å². The van der Waals surface area contributed by atoms with E-state index in [1.54, 1.807) is 21.1 Å². The second-order valence-corrected chi connectivity index (χ2v) is 66.6. The Balaban J connectivity index is 0.000000702. The molecule has 4 rings (SSSR count). The summed E-state index contributed by atoms with van der Waals surface area (Å²) in [6.45, 7) is 27.0. The minimum absolute atomic E-state index is 0.0101. The number of carbonyl (C=O) groups is 2. The molecule has 0 bridgehead atoms. The van der Waals surface area contributed by atoms with Gasteiger partial charge in [-0.3, -0.25) is 9.59 Å². The number of methoxy groups -OCH3 is 4. The van der Waals surface area contributed by atoms with Gasteiger partial charge in [-0.25, -0.2) is 0 Å². The number of aliphatic hydroxyl groups excluding tert-OH is 1. The van der Waals surface area contributed by atoms with Crippen molar-refractivity contribution in [2.75, 3.05) is 41.7 Å². The molecule has 14 nitrogen and oxygen atoms in total. The number of ether oxygens (including phenoxy) is 8. The summed E-state index contributed by atoms with van der Waals surface area (Å²) < 4.78 is 58.0. The van der Waals surface area contributed by atoms with Gasteiger partial charge < -0.3 is 57.0 Å². The van der Waals surface area contributed by atoms with Crippen LogP contribution in [0.15, 0.2) is 78.9 Å². The lowest BCUT2D eigenvalue weighted by atomic mass is 9.91.